The predicted octanol–water partition coefficient (Wildman–Crippen LogP) is 3.76. The van der Waals surface area contributed by atoms with E-state index in [1.54, 1.807) is 12.1 Å². The molecule has 29 heavy (non-hydrogen) atoms. The van der Waals surface area contributed by atoms with Crippen LogP contribution in [0.25, 0.3) is 11.4 Å². The van der Waals surface area contributed by atoms with E-state index in [1.807, 2.05) is 36.4 Å². The third-order valence-electron chi connectivity index (χ3n) is 5.42. The smallest absolute Gasteiger partial charge is 0.254 e. The van der Waals surface area contributed by atoms with Gasteiger partial charge in [-0.2, -0.15) is 0 Å². The molecular weight excluding hydrogens is 369 g/mol. The Kier molecular flexibility index (Phi) is 5.62. The SMILES string of the molecule is O=C(NCC1(c2cccc(F)c2)CCOCC1)c1cnc(-c2ccccc2)nc1. The fourth-order valence-electron chi connectivity index (χ4n) is 3.68. The van der Waals surface area contributed by atoms with E-state index >= 15 is 0 Å². The number of halogens is 1. The molecule has 148 valence electrons. The van der Waals surface area contributed by atoms with Crippen LogP contribution in [0.4, 0.5) is 4.39 Å². The highest BCUT2D eigenvalue weighted by molar-refractivity contribution is 5.93. The van der Waals surface area contributed by atoms with Crippen molar-refractivity contribution in [1.82, 2.24) is 15.3 Å². The normalized spacial score (nSPS) is 15.6. The van der Waals surface area contributed by atoms with Crippen molar-refractivity contribution in [2.75, 3.05) is 19.8 Å². The van der Waals surface area contributed by atoms with E-state index in [9.17, 15) is 9.18 Å². The lowest BCUT2D eigenvalue weighted by atomic mass is 9.74. The van der Waals surface area contributed by atoms with Crippen LogP contribution in [-0.4, -0.2) is 35.6 Å². The number of benzene rings is 2. The fraction of sp³-hybridized carbons (Fsp3) is 0.261. The topological polar surface area (TPSA) is 64.1 Å². The monoisotopic (exact) mass is 391 g/mol. The van der Waals surface area contributed by atoms with Crippen LogP contribution < -0.4 is 5.32 Å². The van der Waals surface area contributed by atoms with Crippen LogP contribution in [0.2, 0.25) is 0 Å². The van der Waals surface area contributed by atoms with Gasteiger partial charge in [0.2, 0.25) is 0 Å². The van der Waals surface area contributed by atoms with Gasteiger partial charge in [-0.3, -0.25) is 4.79 Å². The molecule has 0 bridgehead atoms. The molecule has 1 fully saturated rings. The third kappa shape index (κ3) is 4.32. The van der Waals surface area contributed by atoms with E-state index in [-0.39, 0.29) is 17.1 Å². The van der Waals surface area contributed by atoms with Gasteiger partial charge in [-0.25, -0.2) is 14.4 Å². The van der Waals surface area contributed by atoms with Crippen molar-refractivity contribution in [3.05, 3.63) is 83.9 Å². The second-order valence-corrected chi connectivity index (χ2v) is 7.25. The number of hydrogen-bond acceptors (Lipinski definition) is 4. The average molecular weight is 391 g/mol. The lowest BCUT2D eigenvalue weighted by Gasteiger charge is -2.38. The van der Waals surface area contributed by atoms with Crippen molar-refractivity contribution in [2.45, 2.75) is 18.3 Å². The van der Waals surface area contributed by atoms with Crippen molar-refractivity contribution in [1.29, 1.82) is 0 Å². The zero-order valence-corrected chi connectivity index (χ0v) is 16.0. The molecule has 0 saturated carbocycles. The summed E-state index contributed by atoms with van der Waals surface area (Å²) in [4.78, 5) is 21.3. The Labute approximate surface area is 169 Å². The van der Waals surface area contributed by atoms with Crippen molar-refractivity contribution < 1.29 is 13.9 Å². The number of carbonyl (C=O) groups excluding carboxylic acids is 1. The number of ether oxygens (including phenoxy) is 1. The van der Waals surface area contributed by atoms with E-state index < -0.39 is 0 Å². The molecule has 1 aliphatic rings. The van der Waals surface area contributed by atoms with Gasteiger partial charge in [0.15, 0.2) is 5.82 Å². The van der Waals surface area contributed by atoms with Gasteiger partial charge in [0.25, 0.3) is 5.91 Å². The van der Waals surface area contributed by atoms with Crippen molar-refractivity contribution in [3.63, 3.8) is 0 Å². The summed E-state index contributed by atoms with van der Waals surface area (Å²) in [6, 6.07) is 16.2. The van der Waals surface area contributed by atoms with E-state index in [0.29, 0.717) is 31.1 Å². The first-order valence-corrected chi connectivity index (χ1v) is 9.66. The molecule has 0 aliphatic carbocycles. The summed E-state index contributed by atoms with van der Waals surface area (Å²) in [5.74, 6) is 0.0549. The molecule has 1 N–H and O–H groups in total. The minimum atomic E-state index is -0.346. The zero-order valence-electron chi connectivity index (χ0n) is 16.0. The van der Waals surface area contributed by atoms with Gasteiger partial charge >= 0.3 is 0 Å². The highest BCUT2D eigenvalue weighted by Crippen LogP contribution is 2.34. The maximum Gasteiger partial charge on any atom is 0.254 e. The van der Waals surface area contributed by atoms with Gasteiger partial charge in [-0.15, -0.1) is 0 Å². The Morgan fingerprint density at radius 3 is 2.45 bits per heavy atom. The molecule has 0 spiro atoms. The molecule has 6 heteroatoms. The molecule has 0 atom stereocenters. The minimum absolute atomic E-state index is 0.244. The molecular formula is C23H22FN3O2. The predicted molar refractivity (Wildman–Crippen MR) is 108 cm³/mol. The van der Waals surface area contributed by atoms with Gasteiger partial charge in [0.1, 0.15) is 5.82 Å². The molecule has 0 radical (unpaired) electrons. The Balaban J connectivity index is 1.48. The first-order valence-electron chi connectivity index (χ1n) is 9.66. The standard InChI is InChI=1S/C23H22FN3O2/c24-20-8-4-7-19(13-20)23(9-11-29-12-10-23)16-27-22(28)18-14-25-21(26-15-18)17-5-2-1-3-6-17/h1-8,13-15H,9-12,16H2,(H,27,28). The van der Waals surface area contributed by atoms with Gasteiger partial charge in [0.05, 0.1) is 5.56 Å². The number of nitrogens with zero attached hydrogens (tertiary/aromatic N) is 2. The Bertz CT molecular complexity index is 971. The summed E-state index contributed by atoms with van der Waals surface area (Å²) in [7, 11) is 0. The highest BCUT2D eigenvalue weighted by Gasteiger charge is 2.35. The molecule has 1 aromatic heterocycles. The molecule has 4 rings (SSSR count). The van der Waals surface area contributed by atoms with E-state index in [4.69, 9.17) is 4.74 Å². The molecule has 1 amide bonds. The summed E-state index contributed by atoms with van der Waals surface area (Å²) < 4.78 is 19.3. The highest BCUT2D eigenvalue weighted by atomic mass is 19.1. The first-order chi connectivity index (χ1) is 14.2. The largest absolute Gasteiger partial charge is 0.381 e. The van der Waals surface area contributed by atoms with Crippen LogP contribution in [0.1, 0.15) is 28.8 Å². The first kappa shape index (κ1) is 19.2. The summed E-state index contributed by atoms with van der Waals surface area (Å²) >= 11 is 0. The number of carbonyl (C=O) groups is 1. The lowest BCUT2D eigenvalue weighted by Crippen LogP contribution is -2.44. The Hall–Kier alpha value is -3.12. The maximum absolute atomic E-state index is 13.8. The van der Waals surface area contributed by atoms with Crippen LogP contribution in [0.3, 0.4) is 0 Å². The van der Waals surface area contributed by atoms with E-state index in [1.165, 1.54) is 18.5 Å². The molecule has 1 aliphatic heterocycles. The van der Waals surface area contributed by atoms with Crippen molar-refractivity contribution in [2.24, 2.45) is 0 Å². The molecule has 5 nitrogen and oxygen atoms in total. The number of nitrogens with one attached hydrogen (secondary N) is 1. The Morgan fingerprint density at radius 1 is 1.03 bits per heavy atom. The summed E-state index contributed by atoms with van der Waals surface area (Å²) in [6.07, 6.45) is 4.51. The van der Waals surface area contributed by atoms with Crippen molar-refractivity contribution in [3.8, 4) is 11.4 Å². The van der Waals surface area contributed by atoms with Crippen LogP contribution in [-0.2, 0) is 10.2 Å². The zero-order chi connectivity index (χ0) is 20.1. The summed E-state index contributed by atoms with van der Waals surface area (Å²) in [5, 5.41) is 2.99. The van der Waals surface area contributed by atoms with Crippen LogP contribution in [0, 0.1) is 5.82 Å². The number of aromatic nitrogens is 2. The lowest BCUT2D eigenvalue weighted by molar-refractivity contribution is 0.0486. The molecule has 2 heterocycles. The quantitative estimate of drug-likeness (QED) is 0.719. The molecule has 1 saturated heterocycles. The van der Waals surface area contributed by atoms with Crippen molar-refractivity contribution >= 4 is 5.91 Å². The van der Waals surface area contributed by atoms with Gasteiger partial charge in [-0.1, -0.05) is 42.5 Å². The van der Waals surface area contributed by atoms with Crippen LogP contribution in [0.5, 0.6) is 0 Å². The number of amides is 1. The average Bonchev–Trinajstić information content (AvgIpc) is 2.79. The number of hydrogen-bond donors (Lipinski definition) is 1. The van der Waals surface area contributed by atoms with E-state index in [2.05, 4.69) is 15.3 Å². The molecule has 3 aromatic rings. The van der Waals surface area contributed by atoms with Crippen LogP contribution >= 0.6 is 0 Å². The number of rotatable bonds is 5. The Morgan fingerprint density at radius 2 is 1.76 bits per heavy atom. The fourth-order valence-corrected chi connectivity index (χ4v) is 3.68. The van der Waals surface area contributed by atoms with Gasteiger partial charge in [-0.05, 0) is 30.5 Å². The molecule has 2 aromatic carbocycles. The van der Waals surface area contributed by atoms with E-state index in [0.717, 1.165) is 24.0 Å². The summed E-state index contributed by atoms with van der Waals surface area (Å²) in [5.41, 5.74) is 1.83. The van der Waals surface area contributed by atoms with Gasteiger partial charge in [0, 0.05) is 43.1 Å². The third-order valence-corrected chi connectivity index (χ3v) is 5.42. The minimum Gasteiger partial charge on any atom is -0.381 e. The second-order valence-electron chi connectivity index (χ2n) is 7.25. The van der Waals surface area contributed by atoms with Crippen LogP contribution in [0.15, 0.2) is 67.0 Å². The van der Waals surface area contributed by atoms with Gasteiger partial charge < -0.3 is 10.1 Å². The maximum atomic E-state index is 13.8. The molecule has 0 unspecified atom stereocenters. The summed E-state index contributed by atoms with van der Waals surface area (Å²) in [6.45, 7) is 1.57. The second kappa shape index (κ2) is 8.49.